The molecule has 0 saturated heterocycles. The van der Waals surface area contributed by atoms with Gasteiger partial charge in [0.15, 0.2) is 0 Å². The van der Waals surface area contributed by atoms with Gasteiger partial charge in [0.1, 0.15) is 28.8 Å². The fourth-order valence-electron chi connectivity index (χ4n) is 1.69. The minimum atomic E-state index is -2.84. The Morgan fingerprint density at radius 3 is 2.71 bits per heavy atom. The van der Waals surface area contributed by atoms with Crippen LogP contribution in [-0.2, 0) is 6.54 Å². The summed E-state index contributed by atoms with van der Waals surface area (Å²) in [6.07, 6.45) is 2.13. The number of aromatic nitrogens is 2. The van der Waals surface area contributed by atoms with Crippen molar-refractivity contribution in [2.75, 3.05) is 0 Å². The lowest BCUT2D eigenvalue weighted by Crippen LogP contribution is -2.26. The average molecular weight is 303 g/mol. The molecule has 1 heterocycles. The summed E-state index contributed by atoms with van der Waals surface area (Å²) < 4.78 is 51.8. The van der Waals surface area contributed by atoms with E-state index in [1.807, 2.05) is 0 Å². The first-order chi connectivity index (χ1) is 9.90. The summed E-state index contributed by atoms with van der Waals surface area (Å²) in [6.45, 7) is -3.25. The fourth-order valence-corrected chi connectivity index (χ4v) is 1.69. The van der Waals surface area contributed by atoms with Gasteiger partial charge in [-0.05, 0) is 0 Å². The Morgan fingerprint density at radius 1 is 1.38 bits per heavy atom. The number of nitrogens with one attached hydrogen (secondary N) is 1. The van der Waals surface area contributed by atoms with Gasteiger partial charge >= 0.3 is 6.55 Å². The number of hydrogen-bond donors (Lipinski definition) is 2. The van der Waals surface area contributed by atoms with Gasteiger partial charge in [0.25, 0.3) is 5.91 Å². The monoisotopic (exact) mass is 303 g/mol. The van der Waals surface area contributed by atoms with E-state index in [4.69, 9.17) is 0 Å². The highest BCUT2D eigenvalue weighted by Gasteiger charge is 2.19. The van der Waals surface area contributed by atoms with E-state index in [-0.39, 0.29) is 5.82 Å². The minimum Gasteiger partial charge on any atom is -0.507 e. The predicted molar refractivity (Wildman–Crippen MR) is 62.7 cm³/mol. The lowest BCUT2D eigenvalue weighted by Gasteiger charge is -2.09. The normalized spacial score (nSPS) is 10.9. The van der Waals surface area contributed by atoms with E-state index in [0.717, 1.165) is 12.4 Å². The number of rotatable bonds is 4. The lowest BCUT2D eigenvalue weighted by atomic mass is 10.1. The highest BCUT2D eigenvalue weighted by molar-refractivity contribution is 5.97. The average Bonchev–Trinajstić information content (AvgIpc) is 2.83. The standard InChI is InChI=1S/C12H9F4N3O2/c13-6-3-7(14)10(8(20)4-6)11(21)18-5-9-17-1-2-19(9)12(15)16/h1-4,12,20H,5H2,(H,18,21). The summed E-state index contributed by atoms with van der Waals surface area (Å²) in [6, 6.07) is 0.993. The molecule has 0 bridgehead atoms. The molecule has 2 rings (SSSR count). The molecular weight excluding hydrogens is 294 g/mol. The number of nitrogens with zero attached hydrogens (tertiary/aromatic N) is 2. The molecule has 5 nitrogen and oxygen atoms in total. The smallest absolute Gasteiger partial charge is 0.319 e. The molecule has 0 spiro atoms. The number of amides is 1. The van der Waals surface area contributed by atoms with Crippen molar-refractivity contribution in [3.8, 4) is 5.75 Å². The Balaban J connectivity index is 2.14. The van der Waals surface area contributed by atoms with Crippen LogP contribution < -0.4 is 5.32 Å². The van der Waals surface area contributed by atoms with Crippen molar-refractivity contribution in [1.82, 2.24) is 14.9 Å². The van der Waals surface area contributed by atoms with E-state index in [2.05, 4.69) is 10.3 Å². The molecule has 0 aliphatic carbocycles. The molecule has 0 atom stereocenters. The first-order valence-electron chi connectivity index (χ1n) is 5.66. The zero-order chi connectivity index (χ0) is 15.6. The number of benzene rings is 1. The molecule has 1 aromatic carbocycles. The fraction of sp³-hybridized carbons (Fsp3) is 0.167. The lowest BCUT2D eigenvalue weighted by molar-refractivity contribution is 0.0660. The first-order valence-corrected chi connectivity index (χ1v) is 5.66. The van der Waals surface area contributed by atoms with Crippen molar-refractivity contribution < 1.29 is 27.5 Å². The molecule has 2 aromatic rings. The van der Waals surface area contributed by atoms with Crippen molar-refractivity contribution >= 4 is 5.91 Å². The van der Waals surface area contributed by atoms with Crippen molar-refractivity contribution in [3.05, 3.63) is 47.5 Å². The van der Waals surface area contributed by atoms with Crippen LogP contribution in [0.4, 0.5) is 17.6 Å². The van der Waals surface area contributed by atoms with Crippen LogP contribution in [0.15, 0.2) is 24.5 Å². The third-order valence-corrected chi connectivity index (χ3v) is 2.63. The molecule has 9 heteroatoms. The Morgan fingerprint density at radius 2 is 2.10 bits per heavy atom. The van der Waals surface area contributed by atoms with Gasteiger partial charge in [-0.3, -0.25) is 9.36 Å². The van der Waals surface area contributed by atoms with Crippen molar-refractivity contribution in [2.24, 2.45) is 0 Å². The number of imidazole rings is 1. The summed E-state index contributed by atoms with van der Waals surface area (Å²) in [7, 11) is 0. The maximum Gasteiger partial charge on any atom is 0.319 e. The molecule has 0 saturated carbocycles. The summed E-state index contributed by atoms with van der Waals surface area (Å²) in [4.78, 5) is 15.3. The number of phenolic OH excluding ortho intramolecular Hbond substituents is 1. The molecule has 1 aromatic heterocycles. The molecule has 112 valence electrons. The number of aromatic hydroxyl groups is 1. The molecule has 0 radical (unpaired) electrons. The topological polar surface area (TPSA) is 67.2 Å². The van der Waals surface area contributed by atoms with Crippen LogP contribution in [0.25, 0.3) is 0 Å². The highest BCUT2D eigenvalue weighted by Crippen LogP contribution is 2.22. The van der Waals surface area contributed by atoms with Crippen LogP contribution in [0.2, 0.25) is 0 Å². The van der Waals surface area contributed by atoms with Crippen LogP contribution in [0.1, 0.15) is 22.7 Å². The van der Waals surface area contributed by atoms with Crippen LogP contribution in [0.3, 0.4) is 0 Å². The highest BCUT2D eigenvalue weighted by atomic mass is 19.3. The van der Waals surface area contributed by atoms with E-state index >= 15 is 0 Å². The quantitative estimate of drug-likeness (QED) is 0.851. The van der Waals surface area contributed by atoms with Gasteiger partial charge in [0, 0.05) is 24.5 Å². The number of halogens is 4. The van der Waals surface area contributed by atoms with Crippen LogP contribution in [-0.4, -0.2) is 20.6 Å². The summed E-state index contributed by atoms with van der Waals surface area (Å²) in [5, 5.41) is 11.5. The summed E-state index contributed by atoms with van der Waals surface area (Å²) in [5.74, 6) is -4.42. The Labute approximate surface area is 115 Å². The van der Waals surface area contributed by atoms with Crippen molar-refractivity contribution in [1.29, 1.82) is 0 Å². The van der Waals surface area contributed by atoms with Gasteiger partial charge in [-0.25, -0.2) is 13.8 Å². The molecular formula is C12H9F4N3O2. The molecule has 0 aliphatic heterocycles. The second-order valence-corrected chi connectivity index (χ2v) is 3.99. The van der Waals surface area contributed by atoms with Crippen molar-refractivity contribution in [2.45, 2.75) is 13.1 Å². The largest absolute Gasteiger partial charge is 0.507 e. The zero-order valence-corrected chi connectivity index (χ0v) is 10.4. The minimum absolute atomic E-state index is 0.152. The predicted octanol–water partition coefficient (Wildman–Crippen LogP) is 2.19. The Bertz CT molecular complexity index is 649. The third kappa shape index (κ3) is 3.12. The molecule has 1 amide bonds. The second kappa shape index (κ2) is 5.81. The first kappa shape index (κ1) is 14.8. The number of carbonyl (C=O) groups excluding carboxylic acids is 1. The third-order valence-electron chi connectivity index (χ3n) is 2.63. The van der Waals surface area contributed by atoms with Crippen LogP contribution in [0.5, 0.6) is 5.75 Å². The maximum atomic E-state index is 13.4. The number of alkyl halides is 2. The van der Waals surface area contributed by atoms with E-state index < -0.39 is 41.9 Å². The van der Waals surface area contributed by atoms with E-state index in [0.29, 0.717) is 16.7 Å². The van der Waals surface area contributed by atoms with Gasteiger partial charge in [-0.1, -0.05) is 0 Å². The van der Waals surface area contributed by atoms with Gasteiger partial charge in [-0.15, -0.1) is 0 Å². The van der Waals surface area contributed by atoms with Gasteiger partial charge in [0.2, 0.25) is 0 Å². The maximum absolute atomic E-state index is 13.4. The van der Waals surface area contributed by atoms with Gasteiger partial charge in [0.05, 0.1) is 6.54 Å². The van der Waals surface area contributed by atoms with Crippen LogP contribution >= 0.6 is 0 Å². The van der Waals surface area contributed by atoms with E-state index in [9.17, 15) is 27.5 Å². The molecule has 0 aliphatic rings. The summed E-state index contributed by atoms with van der Waals surface area (Å²) >= 11 is 0. The van der Waals surface area contributed by atoms with Crippen molar-refractivity contribution in [3.63, 3.8) is 0 Å². The molecule has 21 heavy (non-hydrogen) atoms. The number of hydrogen-bond acceptors (Lipinski definition) is 3. The zero-order valence-electron chi connectivity index (χ0n) is 10.4. The number of carbonyl (C=O) groups is 1. The molecule has 0 unspecified atom stereocenters. The SMILES string of the molecule is O=C(NCc1nccn1C(F)F)c1c(O)cc(F)cc1F. The molecule has 2 N–H and O–H groups in total. The van der Waals surface area contributed by atoms with Gasteiger partial charge < -0.3 is 10.4 Å². The second-order valence-electron chi connectivity index (χ2n) is 3.99. The Kier molecular flexibility index (Phi) is 4.10. The van der Waals surface area contributed by atoms with Gasteiger partial charge in [-0.2, -0.15) is 8.78 Å². The Hall–Kier alpha value is -2.58. The van der Waals surface area contributed by atoms with E-state index in [1.165, 1.54) is 0 Å². The molecule has 0 fully saturated rings. The van der Waals surface area contributed by atoms with E-state index in [1.54, 1.807) is 0 Å². The number of phenols is 1. The van der Waals surface area contributed by atoms with Crippen LogP contribution in [0, 0.1) is 11.6 Å². The summed E-state index contributed by atoms with van der Waals surface area (Å²) in [5.41, 5.74) is -0.772.